The lowest BCUT2D eigenvalue weighted by Gasteiger charge is -2.24. The summed E-state index contributed by atoms with van der Waals surface area (Å²) < 4.78 is 34.5. The van der Waals surface area contributed by atoms with Crippen LogP contribution in [0.15, 0.2) is 109 Å². The number of rotatable bonds is 49. The highest BCUT2D eigenvalue weighted by molar-refractivity contribution is 7.47. The van der Waals surface area contributed by atoms with Gasteiger partial charge in [-0.15, -0.1) is 0 Å². The van der Waals surface area contributed by atoms with Crippen LogP contribution < -0.4 is 0 Å². The van der Waals surface area contributed by atoms with Crippen molar-refractivity contribution in [3.63, 3.8) is 0 Å². The molecule has 2 atom stereocenters. The van der Waals surface area contributed by atoms with Crippen LogP contribution in [-0.2, 0) is 32.7 Å². The quantitative estimate of drug-likeness (QED) is 0.0211. The summed E-state index contributed by atoms with van der Waals surface area (Å²) in [7, 11) is 1.44. The number of allylic oxidation sites excluding steroid dienone is 18. The highest BCUT2D eigenvalue weighted by atomic mass is 31.2. The summed E-state index contributed by atoms with van der Waals surface area (Å²) in [5, 5.41) is 0. The Morgan fingerprint density at radius 3 is 1.21 bits per heavy atom. The fourth-order valence-electron chi connectivity index (χ4n) is 7.02. The van der Waals surface area contributed by atoms with Crippen LogP contribution >= 0.6 is 7.82 Å². The van der Waals surface area contributed by atoms with Gasteiger partial charge in [-0.2, -0.15) is 0 Å². The SMILES string of the molecule is CC/C=C\C/C=C\C/C=C\C/C=C\C/C=C\C/C=C\C/C=C\CCCCCCCC(=O)OC(COC(=O)CCCCCCCCCCC/C=C\C/C=C\CCCCC)COP(=O)(O)OCC[N+](C)(C)C. The molecule has 0 saturated carbocycles. The number of nitrogens with zero attached hydrogens (tertiary/aromatic N) is 1. The molecule has 0 bridgehead atoms. The molecule has 0 radical (unpaired) electrons. The summed E-state index contributed by atoms with van der Waals surface area (Å²) in [5.74, 6) is -0.831. The maximum absolute atomic E-state index is 12.8. The average Bonchev–Trinajstić information content (AvgIpc) is 3.32. The summed E-state index contributed by atoms with van der Waals surface area (Å²) in [4.78, 5) is 35.6. The second-order valence-electron chi connectivity index (χ2n) is 19.2. The first-order valence-electron chi connectivity index (χ1n) is 27.6. The van der Waals surface area contributed by atoms with E-state index in [2.05, 4.69) is 123 Å². The summed E-state index contributed by atoms with van der Waals surface area (Å²) in [5.41, 5.74) is 0. The molecular weight excluding hydrogens is 894 g/mol. The van der Waals surface area contributed by atoms with Crippen LogP contribution in [0.5, 0.6) is 0 Å². The Labute approximate surface area is 429 Å². The van der Waals surface area contributed by atoms with Gasteiger partial charge in [0.05, 0.1) is 27.7 Å². The van der Waals surface area contributed by atoms with Crippen LogP contribution in [-0.4, -0.2) is 74.9 Å². The summed E-state index contributed by atoms with van der Waals surface area (Å²) in [6, 6.07) is 0. The minimum absolute atomic E-state index is 0.0207. The number of hydrogen-bond acceptors (Lipinski definition) is 7. The normalized spacial score (nSPS) is 14.2. The zero-order valence-corrected chi connectivity index (χ0v) is 46.1. The van der Waals surface area contributed by atoms with Gasteiger partial charge in [-0.3, -0.25) is 18.6 Å². The first-order chi connectivity index (χ1) is 34.0. The van der Waals surface area contributed by atoms with Crippen LogP contribution in [0.25, 0.3) is 0 Å². The predicted octanol–water partition coefficient (Wildman–Crippen LogP) is 17.0. The van der Waals surface area contributed by atoms with Crippen LogP contribution in [0, 0.1) is 0 Å². The van der Waals surface area contributed by atoms with Crippen molar-refractivity contribution >= 4 is 19.8 Å². The van der Waals surface area contributed by atoms with Crippen molar-refractivity contribution < 1.29 is 42.1 Å². The molecule has 0 aromatic heterocycles. The number of esters is 2. The van der Waals surface area contributed by atoms with Crippen LogP contribution in [0.3, 0.4) is 0 Å². The van der Waals surface area contributed by atoms with Crippen molar-refractivity contribution in [2.75, 3.05) is 47.5 Å². The number of hydrogen-bond donors (Lipinski definition) is 1. The van der Waals surface area contributed by atoms with E-state index in [9.17, 15) is 19.0 Å². The van der Waals surface area contributed by atoms with Gasteiger partial charge in [0.15, 0.2) is 6.10 Å². The van der Waals surface area contributed by atoms with E-state index in [1.54, 1.807) is 0 Å². The van der Waals surface area contributed by atoms with Crippen molar-refractivity contribution in [2.24, 2.45) is 0 Å². The molecule has 0 fully saturated rings. The zero-order valence-electron chi connectivity index (χ0n) is 45.2. The number of quaternary nitrogens is 1. The molecule has 10 heteroatoms. The Kier molecular flexibility index (Phi) is 48.2. The second-order valence-corrected chi connectivity index (χ2v) is 20.7. The minimum Gasteiger partial charge on any atom is -0.462 e. The fourth-order valence-corrected chi connectivity index (χ4v) is 7.77. The van der Waals surface area contributed by atoms with E-state index in [0.717, 1.165) is 116 Å². The highest BCUT2D eigenvalue weighted by Crippen LogP contribution is 2.43. The van der Waals surface area contributed by atoms with Gasteiger partial charge in [-0.1, -0.05) is 200 Å². The highest BCUT2D eigenvalue weighted by Gasteiger charge is 2.27. The van der Waals surface area contributed by atoms with E-state index in [-0.39, 0.29) is 32.0 Å². The van der Waals surface area contributed by atoms with Gasteiger partial charge in [0, 0.05) is 12.8 Å². The van der Waals surface area contributed by atoms with E-state index >= 15 is 0 Å². The number of likely N-dealkylation sites (N-methyl/N-ethyl adjacent to an activating group) is 1. The monoisotopic (exact) mass is 997 g/mol. The predicted molar refractivity (Wildman–Crippen MR) is 298 cm³/mol. The first kappa shape index (κ1) is 66.7. The second kappa shape index (κ2) is 50.6. The number of unbranched alkanes of at least 4 members (excludes halogenated alkanes) is 17. The molecule has 0 heterocycles. The Balaban J connectivity index is 4.30. The number of carbonyl (C=O) groups is 2. The molecule has 0 aliphatic rings. The largest absolute Gasteiger partial charge is 0.472 e. The van der Waals surface area contributed by atoms with Crippen molar-refractivity contribution in [2.45, 2.75) is 213 Å². The van der Waals surface area contributed by atoms with Crippen molar-refractivity contribution in [3.8, 4) is 0 Å². The number of carbonyl (C=O) groups excluding carboxylic acids is 2. The van der Waals surface area contributed by atoms with Crippen LogP contribution in [0.4, 0.5) is 0 Å². The fraction of sp³-hybridized carbons (Fsp3) is 0.667. The Morgan fingerprint density at radius 2 is 0.814 bits per heavy atom. The number of phosphoric acid groups is 1. The standard InChI is InChI=1S/C60H102NO8P/c1-6-8-10-12-14-16-18-20-22-24-26-27-28-29-30-31-32-33-35-37-39-41-43-45-47-49-51-53-60(63)69-58(57-68-70(64,65)67-55-54-61(3,4)5)56-66-59(62)52-50-48-46-44-42-40-38-36-34-25-23-21-19-17-15-13-11-9-7-2/h8,10,14-17,20-23,26-27,29-30,32-33,37,39,58H,6-7,9,11-13,18-19,24-25,28,31,34-36,38,40-57H2,1-5H3/p+1/b10-8-,16-14-,17-15-,22-20-,23-21-,27-26-,30-29-,33-32-,39-37-. The third kappa shape index (κ3) is 54.0. The molecule has 0 saturated heterocycles. The molecule has 0 spiro atoms. The van der Waals surface area contributed by atoms with Gasteiger partial charge < -0.3 is 18.9 Å². The molecule has 0 aliphatic heterocycles. The molecule has 2 unspecified atom stereocenters. The van der Waals surface area contributed by atoms with Gasteiger partial charge in [0.25, 0.3) is 0 Å². The van der Waals surface area contributed by atoms with Gasteiger partial charge >= 0.3 is 19.8 Å². The Hall–Kier alpha value is -3.33. The van der Waals surface area contributed by atoms with Crippen LogP contribution in [0.1, 0.15) is 206 Å². The molecule has 0 rings (SSSR count). The molecule has 400 valence electrons. The van der Waals surface area contributed by atoms with E-state index in [0.29, 0.717) is 17.4 Å². The molecule has 9 nitrogen and oxygen atoms in total. The van der Waals surface area contributed by atoms with E-state index in [1.807, 2.05) is 21.1 Å². The molecule has 70 heavy (non-hydrogen) atoms. The number of phosphoric ester groups is 1. The lowest BCUT2D eigenvalue weighted by Crippen LogP contribution is -2.37. The van der Waals surface area contributed by atoms with E-state index < -0.39 is 26.5 Å². The molecule has 0 aliphatic carbocycles. The van der Waals surface area contributed by atoms with Crippen molar-refractivity contribution in [3.05, 3.63) is 109 Å². The van der Waals surface area contributed by atoms with Crippen LogP contribution in [0.2, 0.25) is 0 Å². The van der Waals surface area contributed by atoms with E-state index in [4.69, 9.17) is 18.5 Å². The zero-order chi connectivity index (χ0) is 51.3. The van der Waals surface area contributed by atoms with Gasteiger partial charge in [0.1, 0.15) is 19.8 Å². The smallest absolute Gasteiger partial charge is 0.462 e. The molecular formula is C60H103NO8P+. The molecule has 0 amide bonds. The minimum atomic E-state index is -4.40. The molecule has 0 aromatic rings. The summed E-state index contributed by atoms with van der Waals surface area (Å²) in [6.45, 7) is 4.25. The Morgan fingerprint density at radius 1 is 0.457 bits per heavy atom. The lowest BCUT2D eigenvalue weighted by atomic mass is 10.1. The maximum atomic E-state index is 12.8. The number of ether oxygens (including phenoxy) is 2. The lowest BCUT2D eigenvalue weighted by molar-refractivity contribution is -0.870. The van der Waals surface area contributed by atoms with Gasteiger partial charge in [-0.25, -0.2) is 4.57 Å². The molecule has 0 aromatic carbocycles. The first-order valence-corrected chi connectivity index (χ1v) is 29.1. The van der Waals surface area contributed by atoms with Crippen molar-refractivity contribution in [1.29, 1.82) is 0 Å². The topological polar surface area (TPSA) is 108 Å². The van der Waals surface area contributed by atoms with Gasteiger partial charge in [-0.05, 0) is 103 Å². The third-order valence-corrected chi connectivity index (χ3v) is 12.3. The molecule has 1 N–H and O–H groups in total. The van der Waals surface area contributed by atoms with Gasteiger partial charge in [0.2, 0.25) is 0 Å². The summed E-state index contributed by atoms with van der Waals surface area (Å²) in [6.07, 6.45) is 70.0. The van der Waals surface area contributed by atoms with E-state index in [1.165, 1.54) is 57.8 Å². The van der Waals surface area contributed by atoms with Crippen molar-refractivity contribution in [1.82, 2.24) is 0 Å². The Bertz CT molecular complexity index is 1550. The third-order valence-electron chi connectivity index (χ3n) is 11.3. The average molecular weight is 997 g/mol. The maximum Gasteiger partial charge on any atom is 0.472 e. The summed E-state index contributed by atoms with van der Waals surface area (Å²) >= 11 is 0.